The Kier molecular flexibility index (Phi) is 4.55. The minimum Gasteiger partial charge on any atom is -0.305 e. The first-order chi connectivity index (χ1) is 9.37. The Balaban J connectivity index is 2.14. The summed E-state index contributed by atoms with van der Waals surface area (Å²) in [5.41, 5.74) is 0.850. The van der Waals surface area contributed by atoms with Gasteiger partial charge in [-0.1, -0.05) is 12.1 Å². The smallest absolute Gasteiger partial charge is 0.141 e. The Morgan fingerprint density at radius 2 is 2.10 bits per heavy atom. The van der Waals surface area contributed by atoms with Crippen LogP contribution in [0.25, 0.3) is 0 Å². The Morgan fingerprint density at radius 1 is 1.35 bits per heavy atom. The maximum absolute atomic E-state index is 13.5. The Labute approximate surface area is 126 Å². The molecule has 4 nitrogen and oxygen atoms in total. The summed E-state index contributed by atoms with van der Waals surface area (Å²) in [6.07, 6.45) is 1.52. The first-order valence-corrected chi connectivity index (χ1v) is 7.21. The monoisotopic (exact) mass is 340 g/mol. The predicted octanol–water partition coefficient (Wildman–Crippen LogP) is 3.12. The van der Waals surface area contributed by atoms with Crippen molar-refractivity contribution in [2.75, 3.05) is 0 Å². The molecular weight excluding hydrogens is 323 g/mol. The summed E-state index contributed by atoms with van der Waals surface area (Å²) in [7, 11) is 0. The van der Waals surface area contributed by atoms with Gasteiger partial charge in [-0.05, 0) is 48.3 Å². The van der Waals surface area contributed by atoms with E-state index in [4.69, 9.17) is 0 Å². The van der Waals surface area contributed by atoms with Crippen molar-refractivity contribution in [3.05, 3.63) is 46.2 Å². The van der Waals surface area contributed by atoms with Crippen molar-refractivity contribution in [1.82, 2.24) is 20.1 Å². The second-order valence-corrected chi connectivity index (χ2v) is 6.44. The van der Waals surface area contributed by atoms with Gasteiger partial charge < -0.3 is 5.32 Å². The van der Waals surface area contributed by atoms with E-state index in [9.17, 15) is 4.39 Å². The molecule has 0 amide bonds. The molecule has 1 aromatic heterocycles. The number of nitrogens with one attached hydrogen (secondary N) is 1. The fourth-order valence-electron chi connectivity index (χ4n) is 1.73. The van der Waals surface area contributed by atoms with E-state index < -0.39 is 0 Å². The predicted molar refractivity (Wildman–Crippen MR) is 79.8 cm³/mol. The highest BCUT2D eigenvalue weighted by molar-refractivity contribution is 9.10. The zero-order valence-electron chi connectivity index (χ0n) is 11.8. The zero-order valence-corrected chi connectivity index (χ0v) is 13.4. The summed E-state index contributed by atoms with van der Waals surface area (Å²) >= 11 is 3.27. The van der Waals surface area contributed by atoms with Crippen LogP contribution in [0.4, 0.5) is 4.39 Å². The second-order valence-electron chi connectivity index (χ2n) is 5.65. The molecule has 2 aromatic rings. The molecule has 0 aliphatic carbocycles. The lowest BCUT2D eigenvalue weighted by Gasteiger charge is -2.20. The van der Waals surface area contributed by atoms with Gasteiger partial charge in [-0.25, -0.2) is 14.1 Å². The number of hydrogen-bond donors (Lipinski definition) is 1. The quantitative estimate of drug-likeness (QED) is 0.929. The normalized spacial score (nSPS) is 11.8. The van der Waals surface area contributed by atoms with Crippen LogP contribution in [0.15, 0.2) is 29.0 Å². The van der Waals surface area contributed by atoms with Crippen molar-refractivity contribution in [3.63, 3.8) is 0 Å². The molecular formula is C14H18BrFN4. The average molecular weight is 341 g/mol. The molecule has 0 atom stereocenters. The zero-order chi connectivity index (χ0) is 14.8. The minimum atomic E-state index is -0.267. The summed E-state index contributed by atoms with van der Waals surface area (Å²) in [5, 5.41) is 7.57. The highest BCUT2D eigenvalue weighted by Gasteiger charge is 2.13. The van der Waals surface area contributed by atoms with Gasteiger partial charge in [0, 0.05) is 5.54 Å². The number of rotatable bonds is 4. The van der Waals surface area contributed by atoms with Crippen LogP contribution >= 0.6 is 15.9 Å². The van der Waals surface area contributed by atoms with Crippen molar-refractivity contribution < 1.29 is 4.39 Å². The number of halogens is 2. The molecule has 0 aliphatic rings. The molecule has 0 fully saturated rings. The molecule has 1 aromatic carbocycles. The first kappa shape index (κ1) is 15.1. The third-order valence-corrected chi connectivity index (χ3v) is 3.71. The lowest BCUT2D eigenvalue weighted by atomic mass is 10.1. The third kappa shape index (κ3) is 3.86. The standard InChI is InChI=1S/C14H18BrFN4/c1-14(2,3)18-7-12-17-9-19-20(12)8-10-5-4-6-11(16)13(10)15/h4-6,9,18H,7-8H2,1-3H3. The number of aromatic nitrogens is 3. The molecule has 0 aliphatic heterocycles. The van der Waals surface area contributed by atoms with Gasteiger partial charge in [0.1, 0.15) is 18.0 Å². The van der Waals surface area contributed by atoms with Crippen LogP contribution in [0.5, 0.6) is 0 Å². The number of benzene rings is 1. The van der Waals surface area contributed by atoms with E-state index in [2.05, 4.69) is 52.1 Å². The fourth-order valence-corrected chi connectivity index (χ4v) is 2.12. The molecule has 0 saturated heterocycles. The molecule has 108 valence electrons. The summed E-state index contributed by atoms with van der Waals surface area (Å²) in [6.45, 7) is 7.39. The lowest BCUT2D eigenvalue weighted by Crippen LogP contribution is -2.36. The summed E-state index contributed by atoms with van der Waals surface area (Å²) in [5.74, 6) is 0.563. The molecule has 0 radical (unpaired) electrons. The van der Waals surface area contributed by atoms with Gasteiger partial charge in [-0.3, -0.25) is 0 Å². The topological polar surface area (TPSA) is 42.7 Å². The van der Waals surface area contributed by atoms with Crippen molar-refractivity contribution >= 4 is 15.9 Å². The van der Waals surface area contributed by atoms with Crippen LogP contribution in [0.2, 0.25) is 0 Å². The van der Waals surface area contributed by atoms with Crippen LogP contribution in [-0.2, 0) is 13.1 Å². The number of nitrogens with zero attached hydrogens (tertiary/aromatic N) is 3. The van der Waals surface area contributed by atoms with Crippen molar-refractivity contribution in [3.8, 4) is 0 Å². The van der Waals surface area contributed by atoms with Crippen LogP contribution in [0.3, 0.4) is 0 Å². The van der Waals surface area contributed by atoms with E-state index in [-0.39, 0.29) is 11.4 Å². The van der Waals surface area contributed by atoms with Crippen LogP contribution in [0, 0.1) is 5.82 Å². The molecule has 6 heteroatoms. The molecule has 0 bridgehead atoms. The van der Waals surface area contributed by atoms with Gasteiger partial charge in [0.15, 0.2) is 0 Å². The van der Waals surface area contributed by atoms with Crippen molar-refractivity contribution in [2.24, 2.45) is 0 Å². The van der Waals surface area contributed by atoms with Crippen molar-refractivity contribution in [1.29, 1.82) is 0 Å². The van der Waals surface area contributed by atoms with Crippen molar-refractivity contribution in [2.45, 2.75) is 39.4 Å². The SMILES string of the molecule is CC(C)(C)NCc1ncnn1Cc1cccc(F)c1Br. The molecule has 0 unspecified atom stereocenters. The average Bonchev–Trinajstić information content (AvgIpc) is 2.79. The molecule has 1 N–H and O–H groups in total. The van der Waals surface area contributed by atoms with Gasteiger partial charge in [0.2, 0.25) is 0 Å². The van der Waals surface area contributed by atoms with Crippen LogP contribution in [-0.4, -0.2) is 20.3 Å². The van der Waals surface area contributed by atoms with E-state index in [0.717, 1.165) is 11.4 Å². The molecule has 0 saturated carbocycles. The maximum Gasteiger partial charge on any atom is 0.141 e. The maximum atomic E-state index is 13.5. The first-order valence-electron chi connectivity index (χ1n) is 6.41. The van der Waals surface area contributed by atoms with E-state index in [0.29, 0.717) is 17.6 Å². The van der Waals surface area contributed by atoms with Gasteiger partial charge in [0.05, 0.1) is 17.6 Å². The lowest BCUT2D eigenvalue weighted by molar-refractivity contribution is 0.410. The molecule has 0 spiro atoms. The molecule has 20 heavy (non-hydrogen) atoms. The van der Waals surface area contributed by atoms with E-state index >= 15 is 0 Å². The van der Waals surface area contributed by atoms with E-state index in [1.807, 2.05) is 6.07 Å². The van der Waals surface area contributed by atoms with Crippen LogP contribution < -0.4 is 5.32 Å². The Hall–Kier alpha value is -1.27. The highest BCUT2D eigenvalue weighted by Crippen LogP contribution is 2.21. The minimum absolute atomic E-state index is 0.0101. The van der Waals surface area contributed by atoms with Gasteiger partial charge in [-0.15, -0.1) is 0 Å². The Morgan fingerprint density at radius 3 is 2.80 bits per heavy atom. The highest BCUT2D eigenvalue weighted by atomic mass is 79.9. The molecule has 1 heterocycles. The second kappa shape index (κ2) is 6.01. The molecule has 2 rings (SSSR count). The van der Waals surface area contributed by atoms with Gasteiger partial charge >= 0.3 is 0 Å². The fraction of sp³-hybridized carbons (Fsp3) is 0.429. The summed E-state index contributed by atoms with van der Waals surface area (Å²) < 4.78 is 15.8. The van der Waals surface area contributed by atoms with E-state index in [1.165, 1.54) is 12.4 Å². The van der Waals surface area contributed by atoms with Gasteiger partial charge in [0.25, 0.3) is 0 Å². The third-order valence-electron chi connectivity index (χ3n) is 2.82. The summed E-state index contributed by atoms with van der Waals surface area (Å²) in [6, 6.07) is 4.99. The Bertz CT molecular complexity index is 589. The largest absolute Gasteiger partial charge is 0.305 e. The van der Waals surface area contributed by atoms with Gasteiger partial charge in [-0.2, -0.15) is 5.10 Å². The van der Waals surface area contributed by atoms with E-state index in [1.54, 1.807) is 10.7 Å². The van der Waals surface area contributed by atoms with Crippen LogP contribution in [0.1, 0.15) is 32.2 Å². The summed E-state index contributed by atoms with van der Waals surface area (Å²) in [4.78, 5) is 4.25. The number of hydrogen-bond acceptors (Lipinski definition) is 3.